The molecule has 3 aromatic rings. The van der Waals surface area contributed by atoms with Gasteiger partial charge in [-0.05, 0) is 18.1 Å². The van der Waals surface area contributed by atoms with E-state index in [4.69, 9.17) is 14.2 Å². The molecular weight excluding hydrogens is 436 g/mol. The zero-order valence-corrected chi connectivity index (χ0v) is 18.9. The van der Waals surface area contributed by atoms with Crippen LogP contribution in [-0.2, 0) is 27.4 Å². The van der Waals surface area contributed by atoms with Crippen molar-refractivity contribution in [3.05, 3.63) is 117 Å². The van der Waals surface area contributed by atoms with Crippen molar-refractivity contribution >= 4 is 0 Å². The zero-order valence-electron chi connectivity index (χ0n) is 18.9. The number of hydrogen-bond acceptors (Lipinski definition) is 6. The number of nitrogens with zero attached hydrogens (tertiary/aromatic N) is 1. The zero-order chi connectivity index (χ0) is 24.1. The van der Waals surface area contributed by atoms with E-state index in [0.29, 0.717) is 12.2 Å². The Labute approximate surface area is 197 Å². The minimum atomic E-state index is -1.24. The van der Waals surface area contributed by atoms with Crippen molar-refractivity contribution in [1.82, 2.24) is 9.55 Å². The lowest BCUT2D eigenvalue weighted by molar-refractivity contribution is -0.130. The van der Waals surface area contributed by atoms with E-state index in [-0.39, 0.29) is 13.2 Å². The number of aryl methyl sites for hydroxylation is 1. The second kappa shape index (κ2) is 10.3. The van der Waals surface area contributed by atoms with Crippen molar-refractivity contribution in [2.24, 2.45) is 0 Å². The Kier molecular flexibility index (Phi) is 7.23. The van der Waals surface area contributed by atoms with E-state index in [0.717, 1.165) is 11.1 Å². The molecule has 8 nitrogen and oxygen atoms in total. The molecule has 0 radical (unpaired) electrons. The third kappa shape index (κ3) is 4.95. The SMILES string of the molecule is C=C[C@]1(COCc2ccccc2)O[C@@H](n2cc(C)c(=O)[nH]c2=O)[C@H](O)[C@@H]1OCc1ccccc1. The van der Waals surface area contributed by atoms with Crippen LogP contribution in [0.1, 0.15) is 22.9 Å². The number of aliphatic hydroxyl groups excluding tert-OH is 1. The first-order chi connectivity index (χ1) is 16.4. The fraction of sp³-hybridized carbons (Fsp3) is 0.308. The summed E-state index contributed by atoms with van der Waals surface area (Å²) in [6.45, 7) is 6.07. The highest BCUT2D eigenvalue weighted by Crippen LogP contribution is 2.40. The lowest BCUT2D eigenvalue weighted by Crippen LogP contribution is -2.47. The fourth-order valence-electron chi connectivity index (χ4n) is 4.04. The van der Waals surface area contributed by atoms with Crippen molar-refractivity contribution in [3.63, 3.8) is 0 Å². The largest absolute Gasteiger partial charge is 0.386 e. The molecule has 1 aliphatic rings. The van der Waals surface area contributed by atoms with Crippen LogP contribution >= 0.6 is 0 Å². The normalized spacial score (nSPS) is 24.2. The highest BCUT2D eigenvalue weighted by molar-refractivity contribution is 5.17. The van der Waals surface area contributed by atoms with Crippen LogP contribution in [0.5, 0.6) is 0 Å². The monoisotopic (exact) mass is 464 g/mol. The Morgan fingerprint density at radius 1 is 1.09 bits per heavy atom. The molecule has 1 fully saturated rings. The van der Waals surface area contributed by atoms with E-state index >= 15 is 0 Å². The average Bonchev–Trinajstić information content (AvgIpc) is 3.13. The molecule has 0 aliphatic carbocycles. The number of aromatic amines is 1. The number of hydrogen-bond donors (Lipinski definition) is 2. The van der Waals surface area contributed by atoms with Gasteiger partial charge in [0.15, 0.2) is 6.23 Å². The van der Waals surface area contributed by atoms with Gasteiger partial charge in [-0.3, -0.25) is 14.3 Å². The summed E-state index contributed by atoms with van der Waals surface area (Å²) in [7, 11) is 0. The summed E-state index contributed by atoms with van der Waals surface area (Å²) in [5, 5.41) is 11.2. The summed E-state index contributed by atoms with van der Waals surface area (Å²) in [5.74, 6) is 0. The van der Waals surface area contributed by atoms with E-state index in [1.165, 1.54) is 10.8 Å². The van der Waals surface area contributed by atoms with Gasteiger partial charge in [0.1, 0.15) is 17.8 Å². The minimum Gasteiger partial charge on any atom is -0.386 e. The van der Waals surface area contributed by atoms with Crippen molar-refractivity contribution < 1.29 is 19.3 Å². The van der Waals surface area contributed by atoms with E-state index < -0.39 is 35.3 Å². The van der Waals surface area contributed by atoms with E-state index in [9.17, 15) is 14.7 Å². The van der Waals surface area contributed by atoms with Crippen LogP contribution in [0.4, 0.5) is 0 Å². The molecule has 0 bridgehead atoms. The third-order valence-electron chi connectivity index (χ3n) is 5.90. The minimum absolute atomic E-state index is 0.0372. The van der Waals surface area contributed by atoms with Gasteiger partial charge in [0.2, 0.25) is 0 Å². The predicted molar refractivity (Wildman–Crippen MR) is 126 cm³/mol. The van der Waals surface area contributed by atoms with Gasteiger partial charge in [-0.1, -0.05) is 66.7 Å². The second-order valence-electron chi connectivity index (χ2n) is 8.33. The van der Waals surface area contributed by atoms with Crippen LogP contribution in [0, 0.1) is 6.92 Å². The van der Waals surface area contributed by atoms with Gasteiger partial charge in [-0.15, -0.1) is 6.58 Å². The van der Waals surface area contributed by atoms with Gasteiger partial charge in [0.25, 0.3) is 5.56 Å². The van der Waals surface area contributed by atoms with Crippen LogP contribution < -0.4 is 11.2 Å². The molecule has 1 aromatic heterocycles. The topological polar surface area (TPSA) is 103 Å². The van der Waals surface area contributed by atoms with Crippen LogP contribution in [0.15, 0.2) is 89.1 Å². The summed E-state index contributed by atoms with van der Waals surface area (Å²) < 4.78 is 19.5. The Balaban J connectivity index is 1.62. The van der Waals surface area contributed by atoms with Gasteiger partial charge >= 0.3 is 5.69 Å². The first kappa shape index (κ1) is 23.8. The van der Waals surface area contributed by atoms with Crippen molar-refractivity contribution in [3.8, 4) is 0 Å². The number of benzene rings is 2. The standard InChI is InChI=1S/C26H28N2O6/c1-3-26(17-32-15-19-10-6-4-7-11-19)22(33-16-20-12-8-5-9-13-20)21(29)24(34-26)28-14-18(2)23(30)27-25(28)31/h3-14,21-22,24,29H,1,15-17H2,2H3,(H,27,30,31)/t21-,22+,24-,26-/m1/s1. The summed E-state index contributed by atoms with van der Waals surface area (Å²) in [4.78, 5) is 26.6. The van der Waals surface area contributed by atoms with Crippen LogP contribution in [-0.4, -0.2) is 39.1 Å². The van der Waals surface area contributed by atoms with Crippen molar-refractivity contribution in [2.45, 2.75) is 44.2 Å². The molecule has 2 heterocycles. The Bertz CT molecular complexity index is 1220. The summed E-state index contributed by atoms with van der Waals surface area (Å²) in [6.07, 6.45) is -0.314. The molecule has 2 N–H and O–H groups in total. The number of H-pyrrole nitrogens is 1. The maximum atomic E-state index is 12.5. The summed E-state index contributed by atoms with van der Waals surface area (Å²) in [6, 6.07) is 19.2. The number of rotatable bonds is 9. The molecule has 4 atom stereocenters. The van der Waals surface area contributed by atoms with Crippen molar-refractivity contribution in [1.29, 1.82) is 0 Å². The number of aromatic nitrogens is 2. The smallest absolute Gasteiger partial charge is 0.330 e. The van der Waals surface area contributed by atoms with Crippen LogP contribution in [0.3, 0.4) is 0 Å². The number of nitrogens with one attached hydrogen (secondary N) is 1. The van der Waals surface area contributed by atoms with Gasteiger partial charge in [-0.2, -0.15) is 0 Å². The Morgan fingerprint density at radius 2 is 1.71 bits per heavy atom. The molecule has 0 spiro atoms. The van der Waals surface area contributed by atoms with Gasteiger partial charge in [-0.25, -0.2) is 4.79 Å². The maximum absolute atomic E-state index is 12.5. The molecule has 0 saturated carbocycles. The molecular formula is C26H28N2O6. The Morgan fingerprint density at radius 3 is 2.32 bits per heavy atom. The molecule has 1 aliphatic heterocycles. The summed E-state index contributed by atoms with van der Waals surface area (Å²) in [5.41, 5.74) is -0.215. The van der Waals surface area contributed by atoms with E-state index in [2.05, 4.69) is 11.6 Å². The fourth-order valence-corrected chi connectivity index (χ4v) is 4.04. The molecule has 1 saturated heterocycles. The Hall–Kier alpha value is -3.30. The molecule has 2 aromatic carbocycles. The molecule has 178 valence electrons. The highest BCUT2D eigenvalue weighted by Gasteiger charge is 2.55. The average molecular weight is 465 g/mol. The predicted octanol–water partition coefficient (Wildman–Crippen LogP) is 2.46. The molecule has 0 unspecified atom stereocenters. The third-order valence-corrected chi connectivity index (χ3v) is 5.90. The van der Waals surface area contributed by atoms with Gasteiger partial charge in [0.05, 0.1) is 19.8 Å². The lowest BCUT2D eigenvalue weighted by atomic mass is 9.95. The molecule has 8 heteroatoms. The molecule has 4 rings (SSSR count). The first-order valence-electron chi connectivity index (χ1n) is 11.0. The lowest BCUT2D eigenvalue weighted by Gasteiger charge is -2.31. The quantitative estimate of drug-likeness (QED) is 0.472. The highest BCUT2D eigenvalue weighted by atomic mass is 16.6. The number of aliphatic hydroxyl groups is 1. The van der Waals surface area contributed by atoms with E-state index in [1.54, 1.807) is 13.0 Å². The summed E-state index contributed by atoms with van der Waals surface area (Å²) >= 11 is 0. The van der Waals surface area contributed by atoms with Crippen LogP contribution in [0.25, 0.3) is 0 Å². The van der Waals surface area contributed by atoms with E-state index in [1.807, 2.05) is 60.7 Å². The van der Waals surface area contributed by atoms with Crippen LogP contribution in [0.2, 0.25) is 0 Å². The molecule has 34 heavy (non-hydrogen) atoms. The van der Waals surface area contributed by atoms with Crippen molar-refractivity contribution in [2.75, 3.05) is 6.61 Å². The first-order valence-corrected chi connectivity index (χ1v) is 11.0. The molecule has 0 amide bonds. The number of ether oxygens (including phenoxy) is 3. The second-order valence-corrected chi connectivity index (χ2v) is 8.33. The maximum Gasteiger partial charge on any atom is 0.330 e. The van der Waals surface area contributed by atoms with Gasteiger partial charge < -0.3 is 19.3 Å². The van der Waals surface area contributed by atoms with Gasteiger partial charge in [0, 0.05) is 11.8 Å².